The summed E-state index contributed by atoms with van der Waals surface area (Å²) in [5, 5.41) is 4.41. The summed E-state index contributed by atoms with van der Waals surface area (Å²) in [6, 6.07) is 5.53. The fourth-order valence-corrected chi connectivity index (χ4v) is 3.76. The van der Waals surface area contributed by atoms with Crippen LogP contribution < -0.4 is 5.32 Å². The maximum atomic E-state index is 12.7. The van der Waals surface area contributed by atoms with Crippen LogP contribution in [0.25, 0.3) is 11.3 Å². The molecule has 5 nitrogen and oxygen atoms in total. The van der Waals surface area contributed by atoms with E-state index in [-0.39, 0.29) is 5.91 Å². The summed E-state index contributed by atoms with van der Waals surface area (Å²) in [5.74, 6) is 1.28. The molecule has 1 aliphatic rings. The number of carbonyl (C=O) groups excluding carboxylic acids is 1. The lowest BCUT2D eigenvalue weighted by atomic mass is 10.1. The molecule has 1 unspecified atom stereocenters. The van der Waals surface area contributed by atoms with E-state index < -0.39 is 0 Å². The zero-order chi connectivity index (χ0) is 18.5. The first-order chi connectivity index (χ1) is 12.6. The summed E-state index contributed by atoms with van der Waals surface area (Å²) in [6.45, 7) is 4.74. The van der Waals surface area contributed by atoms with Crippen LogP contribution in [0, 0.1) is 0 Å². The molecule has 1 aliphatic heterocycles. The number of amides is 1. The lowest BCUT2D eigenvalue weighted by Crippen LogP contribution is -2.42. The van der Waals surface area contributed by atoms with E-state index in [0.717, 1.165) is 38.0 Å². The van der Waals surface area contributed by atoms with Crippen LogP contribution in [-0.4, -0.2) is 41.5 Å². The number of nitrogens with one attached hydrogen (secondary N) is 1. The Balaban J connectivity index is 1.62. The summed E-state index contributed by atoms with van der Waals surface area (Å²) in [4.78, 5) is 18.9. The number of hydrogen-bond donors (Lipinski definition) is 1. The molecule has 140 valence electrons. The van der Waals surface area contributed by atoms with Crippen LogP contribution in [0.5, 0.6) is 0 Å². The van der Waals surface area contributed by atoms with Crippen molar-refractivity contribution in [1.29, 1.82) is 0 Å². The van der Waals surface area contributed by atoms with Gasteiger partial charge in [0.1, 0.15) is 0 Å². The zero-order valence-electron chi connectivity index (χ0n) is 14.8. The molecule has 1 aromatic carbocycles. The van der Waals surface area contributed by atoms with Crippen LogP contribution >= 0.6 is 23.2 Å². The molecule has 1 amide bonds. The average Bonchev–Trinajstić information content (AvgIpc) is 3.29. The van der Waals surface area contributed by atoms with E-state index in [9.17, 15) is 4.79 Å². The lowest BCUT2D eigenvalue weighted by molar-refractivity contribution is -0.133. The van der Waals surface area contributed by atoms with Gasteiger partial charge in [-0.3, -0.25) is 4.79 Å². The smallest absolute Gasteiger partial charge is 0.223 e. The summed E-state index contributed by atoms with van der Waals surface area (Å²) < 4.78 is 5.78. The predicted molar refractivity (Wildman–Crippen MR) is 104 cm³/mol. The van der Waals surface area contributed by atoms with Crippen LogP contribution in [0.4, 0.5) is 0 Å². The van der Waals surface area contributed by atoms with E-state index in [4.69, 9.17) is 27.6 Å². The third-order valence-corrected chi connectivity index (χ3v) is 5.11. The van der Waals surface area contributed by atoms with Gasteiger partial charge in [-0.1, -0.05) is 30.1 Å². The molecular weight excluding hydrogens is 373 g/mol. The van der Waals surface area contributed by atoms with Crippen molar-refractivity contribution in [1.82, 2.24) is 15.2 Å². The Kier molecular flexibility index (Phi) is 6.57. The monoisotopic (exact) mass is 395 g/mol. The number of carbonyl (C=O) groups is 1. The summed E-state index contributed by atoms with van der Waals surface area (Å²) >= 11 is 12.1. The highest BCUT2D eigenvalue weighted by Gasteiger charge is 2.25. The maximum Gasteiger partial charge on any atom is 0.223 e. The highest BCUT2D eigenvalue weighted by atomic mass is 35.5. The Hall–Kier alpha value is -1.56. The van der Waals surface area contributed by atoms with Crippen molar-refractivity contribution in [2.24, 2.45) is 0 Å². The molecule has 0 bridgehead atoms. The molecule has 1 atom stereocenters. The van der Waals surface area contributed by atoms with Crippen LogP contribution in [0.2, 0.25) is 10.0 Å². The fraction of sp³-hybridized carbons (Fsp3) is 0.474. The first kappa shape index (κ1) is 19.2. The number of aromatic nitrogens is 1. The van der Waals surface area contributed by atoms with Crippen molar-refractivity contribution in [2.75, 3.05) is 19.6 Å². The van der Waals surface area contributed by atoms with Crippen LogP contribution in [0.3, 0.4) is 0 Å². The molecule has 0 aliphatic carbocycles. The van der Waals surface area contributed by atoms with Crippen molar-refractivity contribution >= 4 is 29.1 Å². The molecule has 2 aromatic rings. The molecule has 3 rings (SSSR count). The minimum absolute atomic E-state index is 0.157. The minimum atomic E-state index is 0.157. The van der Waals surface area contributed by atoms with E-state index >= 15 is 0 Å². The Morgan fingerprint density at radius 2 is 2.27 bits per heavy atom. The van der Waals surface area contributed by atoms with Gasteiger partial charge in [0.2, 0.25) is 5.91 Å². The van der Waals surface area contributed by atoms with Crippen molar-refractivity contribution < 1.29 is 9.21 Å². The van der Waals surface area contributed by atoms with Gasteiger partial charge in [0.25, 0.3) is 0 Å². The van der Waals surface area contributed by atoms with Gasteiger partial charge in [-0.2, -0.15) is 0 Å². The standard InChI is InChI=1S/C19H23Cl2N3O2/c1-2-9-24(14-7-8-22-11-14)19(25)6-5-18-23-12-17(26-18)15-4-3-13(20)10-16(15)21/h3-4,10,12,14,22H,2,5-9,11H2,1H3. The van der Waals surface area contributed by atoms with Crippen molar-refractivity contribution in [3.63, 3.8) is 0 Å². The number of benzene rings is 1. The predicted octanol–water partition coefficient (Wildman–Crippen LogP) is 4.18. The Labute approximate surface area is 163 Å². The van der Waals surface area contributed by atoms with Gasteiger partial charge in [-0.15, -0.1) is 0 Å². The van der Waals surface area contributed by atoms with Crippen LogP contribution in [0.15, 0.2) is 28.8 Å². The van der Waals surface area contributed by atoms with Gasteiger partial charge in [0.05, 0.1) is 11.2 Å². The van der Waals surface area contributed by atoms with Gasteiger partial charge >= 0.3 is 0 Å². The second kappa shape index (κ2) is 8.89. The number of oxazole rings is 1. The Morgan fingerprint density at radius 1 is 1.42 bits per heavy atom. The highest BCUT2D eigenvalue weighted by molar-refractivity contribution is 6.36. The molecule has 1 aromatic heterocycles. The number of rotatable bonds is 7. The van der Waals surface area contributed by atoms with Crippen molar-refractivity contribution in [3.8, 4) is 11.3 Å². The number of hydrogen-bond acceptors (Lipinski definition) is 4. The zero-order valence-corrected chi connectivity index (χ0v) is 16.3. The second-order valence-corrected chi connectivity index (χ2v) is 7.32. The van der Waals surface area contributed by atoms with E-state index in [1.807, 2.05) is 4.90 Å². The largest absolute Gasteiger partial charge is 0.441 e. The molecule has 26 heavy (non-hydrogen) atoms. The Bertz CT molecular complexity index is 757. The number of aryl methyl sites for hydroxylation is 1. The molecule has 2 heterocycles. The maximum absolute atomic E-state index is 12.7. The SMILES string of the molecule is CCCN(C(=O)CCc1ncc(-c2ccc(Cl)cc2Cl)o1)C1CCNC1. The van der Waals surface area contributed by atoms with Gasteiger partial charge in [-0.05, 0) is 37.6 Å². The van der Waals surface area contributed by atoms with E-state index in [1.165, 1.54) is 0 Å². The third kappa shape index (κ3) is 4.58. The molecular formula is C19H23Cl2N3O2. The first-order valence-corrected chi connectivity index (χ1v) is 9.74. The highest BCUT2D eigenvalue weighted by Crippen LogP contribution is 2.30. The van der Waals surface area contributed by atoms with Gasteiger partial charge in [0.15, 0.2) is 11.7 Å². The van der Waals surface area contributed by atoms with Gasteiger partial charge in [-0.25, -0.2) is 4.98 Å². The van der Waals surface area contributed by atoms with Crippen molar-refractivity contribution in [3.05, 3.63) is 40.3 Å². The van der Waals surface area contributed by atoms with E-state index in [1.54, 1.807) is 24.4 Å². The summed E-state index contributed by atoms with van der Waals surface area (Å²) in [6.07, 6.45) is 4.49. The number of halogens is 2. The molecule has 7 heteroatoms. The van der Waals surface area contributed by atoms with Gasteiger partial charge in [0, 0.05) is 42.6 Å². The molecule has 1 N–H and O–H groups in total. The fourth-order valence-electron chi connectivity index (χ4n) is 3.25. The average molecular weight is 396 g/mol. The summed E-state index contributed by atoms with van der Waals surface area (Å²) in [5.41, 5.74) is 0.741. The van der Waals surface area contributed by atoms with Crippen molar-refractivity contribution in [2.45, 2.75) is 38.6 Å². The minimum Gasteiger partial charge on any atom is -0.441 e. The summed E-state index contributed by atoms with van der Waals surface area (Å²) in [7, 11) is 0. The normalized spacial score (nSPS) is 16.8. The quantitative estimate of drug-likeness (QED) is 0.763. The first-order valence-electron chi connectivity index (χ1n) is 8.98. The van der Waals surface area contributed by atoms with Crippen LogP contribution in [0.1, 0.15) is 32.1 Å². The topological polar surface area (TPSA) is 58.4 Å². The Morgan fingerprint density at radius 3 is 2.96 bits per heavy atom. The molecule has 0 radical (unpaired) electrons. The van der Waals surface area contributed by atoms with E-state index in [0.29, 0.717) is 40.6 Å². The molecule has 1 saturated heterocycles. The third-order valence-electron chi connectivity index (χ3n) is 4.56. The lowest BCUT2D eigenvalue weighted by Gasteiger charge is -2.28. The van der Waals surface area contributed by atoms with Gasteiger partial charge < -0.3 is 14.6 Å². The molecule has 1 fully saturated rings. The molecule has 0 spiro atoms. The van der Waals surface area contributed by atoms with Crippen LogP contribution in [-0.2, 0) is 11.2 Å². The number of nitrogens with zero attached hydrogens (tertiary/aromatic N) is 2. The second-order valence-electron chi connectivity index (χ2n) is 6.48. The van der Waals surface area contributed by atoms with E-state index in [2.05, 4.69) is 17.2 Å². The molecule has 0 saturated carbocycles.